The van der Waals surface area contributed by atoms with Crippen LogP contribution in [0, 0.1) is 12.7 Å². The number of nitrogens with zero attached hydrogens (tertiary/aromatic N) is 1. The van der Waals surface area contributed by atoms with Gasteiger partial charge in [-0.05, 0) is 42.8 Å². The van der Waals surface area contributed by atoms with Crippen molar-refractivity contribution in [2.24, 2.45) is 0 Å². The molecule has 0 aliphatic carbocycles. The van der Waals surface area contributed by atoms with E-state index in [2.05, 4.69) is 29.8 Å². The SMILES string of the molecule is Cc1cn(-c2ccc(F)cc2)c2ccccc12. The smallest absolute Gasteiger partial charge is 0.123 e. The molecule has 0 fully saturated rings. The van der Waals surface area contributed by atoms with E-state index in [1.54, 1.807) is 12.1 Å². The summed E-state index contributed by atoms with van der Waals surface area (Å²) in [5.41, 5.74) is 3.36. The quantitative estimate of drug-likeness (QED) is 0.588. The maximum Gasteiger partial charge on any atom is 0.123 e. The zero-order valence-corrected chi connectivity index (χ0v) is 9.52. The van der Waals surface area contributed by atoms with Crippen molar-refractivity contribution < 1.29 is 4.39 Å². The molecule has 0 N–H and O–H groups in total. The van der Waals surface area contributed by atoms with E-state index in [4.69, 9.17) is 0 Å². The van der Waals surface area contributed by atoms with E-state index in [1.165, 1.54) is 23.1 Å². The lowest BCUT2D eigenvalue weighted by Gasteiger charge is -2.04. The highest BCUT2D eigenvalue weighted by Gasteiger charge is 2.05. The minimum absolute atomic E-state index is 0.207. The zero-order chi connectivity index (χ0) is 11.8. The first kappa shape index (κ1) is 10.1. The van der Waals surface area contributed by atoms with Gasteiger partial charge in [-0.2, -0.15) is 0 Å². The number of hydrogen-bond donors (Lipinski definition) is 0. The fourth-order valence-electron chi connectivity index (χ4n) is 2.17. The van der Waals surface area contributed by atoms with Gasteiger partial charge in [0.05, 0.1) is 5.52 Å². The van der Waals surface area contributed by atoms with Crippen molar-refractivity contribution in [1.29, 1.82) is 0 Å². The molecular weight excluding hydrogens is 213 g/mol. The van der Waals surface area contributed by atoms with Gasteiger partial charge in [0.15, 0.2) is 0 Å². The van der Waals surface area contributed by atoms with Crippen molar-refractivity contribution >= 4 is 10.9 Å². The monoisotopic (exact) mass is 225 g/mol. The summed E-state index contributed by atoms with van der Waals surface area (Å²) in [6, 6.07) is 14.8. The van der Waals surface area contributed by atoms with Crippen LogP contribution in [0.4, 0.5) is 4.39 Å². The lowest BCUT2D eigenvalue weighted by Crippen LogP contribution is -1.91. The highest BCUT2D eigenvalue weighted by Crippen LogP contribution is 2.24. The average molecular weight is 225 g/mol. The van der Waals surface area contributed by atoms with Gasteiger partial charge in [-0.3, -0.25) is 0 Å². The predicted molar refractivity (Wildman–Crippen MR) is 68.0 cm³/mol. The average Bonchev–Trinajstić information content (AvgIpc) is 2.69. The van der Waals surface area contributed by atoms with Gasteiger partial charge in [0, 0.05) is 17.3 Å². The van der Waals surface area contributed by atoms with Crippen LogP contribution >= 0.6 is 0 Å². The second-order valence-electron chi connectivity index (χ2n) is 4.18. The van der Waals surface area contributed by atoms with Crippen LogP contribution in [-0.2, 0) is 0 Å². The normalized spacial score (nSPS) is 10.9. The number of fused-ring (bicyclic) bond motifs is 1. The van der Waals surface area contributed by atoms with E-state index in [1.807, 2.05) is 12.1 Å². The first-order chi connectivity index (χ1) is 8.25. The van der Waals surface area contributed by atoms with E-state index in [0.29, 0.717) is 0 Å². The van der Waals surface area contributed by atoms with Crippen molar-refractivity contribution in [3.63, 3.8) is 0 Å². The molecule has 84 valence electrons. The molecule has 0 unspecified atom stereocenters. The molecule has 17 heavy (non-hydrogen) atoms. The summed E-state index contributed by atoms with van der Waals surface area (Å²) < 4.78 is 15.0. The van der Waals surface area contributed by atoms with Gasteiger partial charge < -0.3 is 4.57 Å². The molecule has 1 nitrogen and oxygen atoms in total. The van der Waals surface area contributed by atoms with Crippen molar-refractivity contribution in [1.82, 2.24) is 4.57 Å². The molecule has 0 aliphatic heterocycles. The van der Waals surface area contributed by atoms with Gasteiger partial charge in [0.1, 0.15) is 5.82 Å². The lowest BCUT2D eigenvalue weighted by atomic mass is 10.2. The third-order valence-electron chi connectivity index (χ3n) is 3.02. The Hall–Kier alpha value is -2.09. The van der Waals surface area contributed by atoms with Crippen LogP contribution in [0.1, 0.15) is 5.56 Å². The summed E-state index contributed by atoms with van der Waals surface area (Å²) >= 11 is 0. The van der Waals surface area contributed by atoms with E-state index < -0.39 is 0 Å². The summed E-state index contributed by atoms with van der Waals surface area (Å²) in [5.74, 6) is -0.207. The standard InChI is InChI=1S/C15H12FN/c1-11-10-17(13-8-6-12(16)7-9-13)15-5-3-2-4-14(11)15/h2-10H,1H3. The van der Waals surface area contributed by atoms with Crippen molar-refractivity contribution in [3.8, 4) is 5.69 Å². The van der Waals surface area contributed by atoms with Crippen LogP contribution in [-0.4, -0.2) is 4.57 Å². The second-order valence-corrected chi connectivity index (χ2v) is 4.18. The van der Waals surface area contributed by atoms with Crippen LogP contribution < -0.4 is 0 Å². The van der Waals surface area contributed by atoms with Gasteiger partial charge in [0.25, 0.3) is 0 Å². The highest BCUT2D eigenvalue weighted by atomic mass is 19.1. The molecule has 3 rings (SSSR count). The number of para-hydroxylation sites is 1. The van der Waals surface area contributed by atoms with E-state index >= 15 is 0 Å². The maximum absolute atomic E-state index is 12.9. The number of benzene rings is 2. The number of hydrogen-bond acceptors (Lipinski definition) is 0. The molecule has 0 atom stereocenters. The van der Waals surface area contributed by atoms with Crippen LogP contribution in [0.2, 0.25) is 0 Å². The fraction of sp³-hybridized carbons (Fsp3) is 0.0667. The molecule has 0 radical (unpaired) electrons. The second kappa shape index (κ2) is 3.74. The Labute approximate surface area is 99.1 Å². The van der Waals surface area contributed by atoms with Crippen molar-refractivity contribution in [2.75, 3.05) is 0 Å². The van der Waals surface area contributed by atoms with Crippen LogP contribution in [0.3, 0.4) is 0 Å². The maximum atomic E-state index is 12.9. The molecule has 0 saturated carbocycles. The minimum Gasteiger partial charge on any atom is -0.316 e. The van der Waals surface area contributed by atoms with Gasteiger partial charge >= 0.3 is 0 Å². The Kier molecular flexibility index (Phi) is 2.22. The first-order valence-corrected chi connectivity index (χ1v) is 5.58. The summed E-state index contributed by atoms with van der Waals surface area (Å²) in [7, 11) is 0. The number of rotatable bonds is 1. The van der Waals surface area contributed by atoms with Crippen LogP contribution in [0.5, 0.6) is 0 Å². The summed E-state index contributed by atoms with van der Waals surface area (Å²) in [4.78, 5) is 0. The third kappa shape index (κ3) is 1.62. The number of aromatic nitrogens is 1. The fourth-order valence-corrected chi connectivity index (χ4v) is 2.17. The van der Waals surface area contributed by atoms with Crippen molar-refractivity contribution in [2.45, 2.75) is 6.92 Å². The van der Waals surface area contributed by atoms with Crippen molar-refractivity contribution in [3.05, 3.63) is 66.1 Å². The van der Waals surface area contributed by atoms with Gasteiger partial charge in [-0.15, -0.1) is 0 Å². The minimum atomic E-state index is -0.207. The largest absolute Gasteiger partial charge is 0.316 e. The molecule has 2 heteroatoms. The molecule has 0 bridgehead atoms. The number of halogens is 1. The Morgan fingerprint density at radius 1 is 0.941 bits per heavy atom. The molecule has 1 heterocycles. The van der Waals surface area contributed by atoms with Gasteiger partial charge in [0.2, 0.25) is 0 Å². The molecular formula is C15H12FN. The lowest BCUT2D eigenvalue weighted by molar-refractivity contribution is 0.627. The molecule has 0 amide bonds. The Morgan fingerprint density at radius 2 is 1.65 bits per heavy atom. The van der Waals surface area contributed by atoms with Crippen LogP contribution in [0.25, 0.3) is 16.6 Å². The molecule has 0 spiro atoms. The Morgan fingerprint density at radius 3 is 2.41 bits per heavy atom. The molecule has 0 saturated heterocycles. The van der Waals surface area contributed by atoms with Crippen LogP contribution in [0.15, 0.2) is 54.7 Å². The first-order valence-electron chi connectivity index (χ1n) is 5.58. The number of aryl methyl sites for hydroxylation is 1. The zero-order valence-electron chi connectivity index (χ0n) is 9.52. The predicted octanol–water partition coefficient (Wildman–Crippen LogP) is 4.08. The Balaban J connectivity index is 2.27. The highest BCUT2D eigenvalue weighted by molar-refractivity contribution is 5.85. The molecule has 1 aromatic heterocycles. The molecule has 0 aliphatic rings. The summed E-state index contributed by atoms with van der Waals surface area (Å²) in [5, 5.41) is 1.23. The van der Waals surface area contributed by atoms with E-state index in [-0.39, 0.29) is 5.82 Å². The molecule has 2 aromatic carbocycles. The summed E-state index contributed by atoms with van der Waals surface area (Å²) in [6.07, 6.45) is 2.08. The van der Waals surface area contributed by atoms with Gasteiger partial charge in [-0.25, -0.2) is 4.39 Å². The topological polar surface area (TPSA) is 4.93 Å². The van der Waals surface area contributed by atoms with E-state index in [9.17, 15) is 4.39 Å². The van der Waals surface area contributed by atoms with E-state index in [0.717, 1.165) is 11.2 Å². The Bertz CT molecular complexity index is 665. The van der Waals surface area contributed by atoms with Gasteiger partial charge in [-0.1, -0.05) is 18.2 Å². The third-order valence-corrected chi connectivity index (χ3v) is 3.02. The molecule has 3 aromatic rings. The summed E-state index contributed by atoms with van der Waals surface area (Å²) in [6.45, 7) is 2.09.